The molecule has 31 heavy (non-hydrogen) atoms. The highest BCUT2D eigenvalue weighted by molar-refractivity contribution is 8.00. The van der Waals surface area contributed by atoms with E-state index < -0.39 is 0 Å². The van der Waals surface area contributed by atoms with Crippen LogP contribution in [0.15, 0.2) is 18.2 Å². The van der Waals surface area contributed by atoms with Crippen molar-refractivity contribution in [1.82, 2.24) is 25.8 Å². The standard InChI is InChI=1S/C22H28N6O2S/c1-12-6-9-15(14(10-12)21-26-20(27-28-21)13-7-8-13)23-18(29)5-3-2-4-17-19-16(11-31-17)24-22(30)25-19/h6,9-10,13,16-17,19H,2-5,7-8,11H2,1H3,(H,23,29)(H2,24,25,30)(H,26,27,28)/t16-,17-,19+/m0/s1. The summed E-state index contributed by atoms with van der Waals surface area (Å²) < 4.78 is 0. The third-order valence-electron chi connectivity index (χ3n) is 6.24. The molecule has 1 saturated carbocycles. The van der Waals surface area contributed by atoms with Crippen molar-refractivity contribution in [2.24, 2.45) is 0 Å². The van der Waals surface area contributed by atoms with E-state index in [-0.39, 0.29) is 24.0 Å². The average Bonchev–Trinajstić information content (AvgIpc) is 3.18. The highest BCUT2D eigenvalue weighted by Crippen LogP contribution is 2.39. The molecule has 1 aromatic carbocycles. The van der Waals surface area contributed by atoms with Gasteiger partial charge < -0.3 is 16.0 Å². The second-order valence-corrected chi connectivity index (χ2v) is 10.1. The Kier molecular flexibility index (Phi) is 5.60. The smallest absolute Gasteiger partial charge is 0.315 e. The zero-order valence-electron chi connectivity index (χ0n) is 17.6. The Morgan fingerprint density at radius 2 is 2.13 bits per heavy atom. The Labute approximate surface area is 185 Å². The molecule has 0 unspecified atom stereocenters. The van der Waals surface area contributed by atoms with Crippen molar-refractivity contribution < 1.29 is 9.59 Å². The number of thioether (sulfide) groups is 1. The minimum atomic E-state index is -0.0516. The van der Waals surface area contributed by atoms with Crippen LogP contribution in [0.2, 0.25) is 0 Å². The second-order valence-electron chi connectivity index (χ2n) is 8.78. The normalized spacial score (nSPS) is 24.5. The van der Waals surface area contributed by atoms with Crippen LogP contribution >= 0.6 is 11.8 Å². The van der Waals surface area contributed by atoms with Crippen LogP contribution in [0.4, 0.5) is 10.5 Å². The SMILES string of the molecule is Cc1ccc(NC(=O)CCCC[C@@H]2SC[C@@H]3NC(=O)N[C@H]32)c(-c2n[nH]c(C3CC3)n2)c1. The maximum atomic E-state index is 12.6. The molecule has 8 nitrogen and oxygen atoms in total. The molecule has 3 aliphatic rings. The number of fused-ring (bicyclic) bond motifs is 1. The highest BCUT2D eigenvalue weighted by Gasteiger charge is 2.42. The predicted octanol–water partition coefficient (Wildman–Crippen LogP) is 3.32. The summed E-state index contributed by atoms with van der Waals surface area (Å²) in [5.74, 6) is 3.06. The van der Waals surface area contributed by atoms with Crippen molar-refractivity contribution in [3.63, 3.8) is 0 Å². The van der Waals surface area contributed by atoms with Gasteiger partial charge >= 0.3 is 6.03 Å². The van der Waals surface area contributed by atoms with E-state index in [4.69, 9.17) is 0 Å². The number of H-pyrrole nitrogens is 1. The average molecular weight is 441 g/mol. The van der Waals surface area contributed by atoms with Crippen LogP contribution in [0.25, 0.3) is 11.4 Å². The number of nitrogens with one attached hydrogen (secondary N) is 4. The number of urea groups is 1. The zero-order chi connectivity index (χ0) is 21.4. The molecule has 3 heterocycles. The third-order valence-corrected chi connectivity index (χ3v) is 7.75. The summed E-state index contributed by atoms with van der Waals surface area (Å²) in [4.78, 5) is 28.7. The number of aromatic amines is 1. The van der Waals surface area contributed by atoms with Crippen LogP contribution in [-0.2, 0) is 4.79 Å². The van der Waals surface area contributed by atoms with Gasteiger partial charge in [-0.1, -0.05) is 18.1 Å². The molecule has 2 saturated heterocycles. The fraction of sp³-hybridized carbons (Fsp3) is 0.545. The van der Waals surface area contributed by atoms with Gasteiger partial charge in [-0.25, -0.2) is 9.78 Å². The Morgan fingerprint density at radius 3 is 2.97 bits per heavy atom. The van der Waals surface area contributed by atoms with Gasteiger partial charge in [0.2, 0.25) is 5.91 Å². The van der Waals surface area contributed by atoms with Crippen LogP contribution in [0, 0.1) is 6.92 Å². The predicted molar refractivity (Wildman–Crippen MR) is 121 cm³/mol. The summed E-state index contributed by atoms with van der Waals surface area (Å²) in [7, 11) is 0. The van der Waals surface area contributed by atoms with Crippen LogP contribution in [0.3, 0.4) is 0 Å². The minimum Gasteiger partial charge on any atom is -0.332 e. The van der Waals surface area contributed by atoms with Crippen LogP contribution in [0.1, 0.15) is 55.8 Å². The molecule has 0 radical (unpaired) electrons. The first kappa shape index (κ1) is 20.4. The third kappa shape index (κ3) is 4.56. The lowest BCUT2D eigenvalue weighted by Gasteiger charge is -2.16. The molecule has 2 aliphatic heterocycles. The molecule has 1 aromatic heterocycles. The Hall–Kier alpha value is -2.55. The van der Waals surface area contributed by atoms with Crippen LogP contribution < -0.4 is 16.0 Å². The molecule has 2 aromatic rings. The number of hydrogen-bond donors (Lipinski definition) is 4. The summed E-state index contributed by atoms with van der Waals surface area (Å²) in [6.45, 7) is 2.03. The molecule has 0 bridgehead atoms. The van der Waals surface area contributed by atoms with Crippen molar-refractivity contribution >= 4 is 29.4 Å². The number of anilines is 1. The summed E-state index contributed by atoms with van der Waals surface area (Å²) in [6.07, 6.45) is 5.61. The van der Waals surface area contributed by atoms with Gasteiger partial charge in [-0.05, 0) is 44.7 Å². The fourth-order valence-electron chi connectivity index (χ4n) is 4.37. The van der Waals surface area contributed by atoms with Crippen molar-refractivity contribution in [2.75, 3.05) is 11.1 Å². The quantitative estimate of drug-likeness (QED) is 0.372. The molecule has 3 fully saturated rings. The number of aromatic nitrogens is 3. The van der Waals surface area contributed by atoms with Crippen molar-refractivity contribution in [2.45, 2.75) is 68.7 Å². The molecule has 3 atom stereocenters. The van der Waals surface area contributed by atoms with Gasteiger partial charge in [-0.3, -0.25) is 9.89 Å². The first-order chi connectivity index (χ1) is 15.1. The molecule has 164 valence electrons. The first-order valence-electron chi connectivity index (χ1n) is 11.1. The van der Waals surface area contributed by atoms with Crippen molar-refractivity contribution in [1.29, 1.82) is 0 Å². The van der Waals surface area contributed by atoms with Gasteiger partial charge in [-0.2, -0.15) is 16.9 Å². The summed E-state index contributed by atoms with van der Waals surface area (Å²) in [5.41, 5.74) is 2.71. The molecule has 4 N–H and O–H groups in total. The maximum absolute atomic E-state index is 12.6. The lowest BCUT2D eigenvalue weighted by Crippen LogP contribution is -2.36. The van der Waals surface area contributed by atoms with Crippen LogP contribution in [0.5, 0.6) is 0 Å². The summed E-state index contributed by atoms with van der Waals surface area (Å²) in [6, 6.07) is 6.37. The van der Waals surface area contributed by atoms with Gasteiger partial charge in [0.25, 0.3) is 0 Å². The second kappa shape index (κ2) is 8.53. The maximum Gasteiger partial charge on any atom is 0.315 e. The lowest BCUT2D eigenvalue weighted by molar-refractivity contribution is -0.116. The van der Waals surface area contributed by atoms with E-state index in [1.807, 2.05) is 36.9 Å². The molecule has 0 spiro atoms. The van der Waals surface area contributed by atoms with E-state index in [0.29, 0.717) is 23.4 Å². The topological polar surface area (TPSA) is 112 Å². The number of unbranched alkanes of at least 4 members (excludes halogenated alkanes) is 1. The highest BCUT2D eigenvalue weighted by atomic mass is 32.2. The number of nitrogens with zero attached hydrogens (tertiary/aromatic N) is 2. The fourth-order valence-corrected chi connectivity index (χ4v) is 5.92. The number of rotatable bonds is 8. The largest absolute Gasteiger partial charge is 0.332 e. The monoisotopic (exact) mass is 440 g/mol. The van der Waals surface area contributed by atoms with Gasteiger partial charge in [0.15, 0.2) is 5.82 Å². The van der Waals surface area contributed by atoms with Crippen molar-refractivity contribution in [3.05, 3.63) is 29.6 Å². The van der Waals surface area contributed by atoms with Gasteiger partial charge in [0.1, 0.15) is 5.82 Å². The van der Waals surface area contributed by atoms with Gasteiger partial charge in [0.05, 0.1) is 17.8 Å². The van der Waals surface area contributed by atoms with E-state index >= 15 is 0 Å². The Morgan fingerprint density at radius 1 is 1.26 bits per heavy atom. The van der Waals surface area contributed by atoms with E-state index in [0.717, 1.165) is 60.5 Å². The van der Waals surface area contributed by atoms with E-state index in [1.165, 1.54) is 0 Å². The van der Waals surface area contributed by atoms with E-state index in [2.05, 4.69) is 31.1 Å². The molecule has 1 aliphatic carbocycles. The molecular formula is C22H28N6O2S. The molecule has 5 rings (SSSR count). The minimum absolute atomic E-state index is 0.0100. The molecule has 3 amide bonds. The summed E-state index contributed by atoms with van der Waals surface area (Å²) >= 11 is 1.91. The lowest BCUT2D eigenvalue weighted by atomic mass is 10.0. The van der Waals surface area contributed by atoms with Crippen molar-refractivity contribution in [3.8, 4) is 11.4 Å². The number of benzene rings is 1. The number of amides is 3. The number of aryl methyl sites for hydroxylation is 1. The van der Waals surface area contributed by atoms with Crippen LogP contribution in [-0.4, -0.2) is 50.2 Å². The Balaban J connectivity index is 1.14. The number of carbonyl (C=O) groups is 2. The number of carbonyl (C=O) groups excluding carboxylic acids is 2. The molecular weight excluding hydrogens is 412 g/mol. The summed E-state index contributed by atoms with van der Waals surface area (Å²) in [5, 5.41) is 16.9. The van der Waals surface area contributed by atoms with E-state index in [1.54, 1.807) is 0 Å². The Bertz CT molecular complexity index is 988. The number of hydrogen-bond acceptors (Lipinski definition) is 5. The van der Waals surface area contributed by atoms with E-state index in [9.17, 15) is 9.59 Å². The zero-order valence-corrected chi connectivity index (χ0v) is 18.4. The molecule has 9 heteroatoms. The van der Waals surface area contributed by atoms with Gasteiger partial charge in [-0.15, -0.1) is 0 Å². The first-order valence-corrected chi connectivity index (χ1v) is 12.1. The van der Waals surface area contributed by atoms with Gasteiger partial charge in [0, 0.05) is 28.9 Å².